The maximum atomic E-state index is 11.9. The van der Waals surface area contributed by atoms with Gasteiger partial charge in [-0.05, 0) is 37.2 Å². The molecule has 0 radical (unpaired) electrons. The summed E-state index contributed by atoms with van der Waals surface area (Å²) >= 11 is 0. The fourth-order valence-corrected chi connectivity index (χ4v) is 2.70. The molecule has 6 nitrogen and oxygen atoms in total. The molecule has 8 heteroatoms. The van der Waals surface area contributed by atoms with E-state index in [2.05, 4.69) is 5.32 Å². The van der Waals surface area contributed by atoms with E-state index in [4.69, 9.17) is 10.5 Å². The van der Waals surface area contributed by atoms with E-state index in [1.54, 1.807) is 0 Å². The number of rotatable bonds is 8. The van der Waals surface area contributed by atoms with Crippen LogP contribution in [0.3, 0.4) is 0 Å². The zero-order valence-corrected chi connectivity index (χ0v) is 13.5. The zero-order valence-electron chi connectivity index (χ0n) is 11.9. The predicted octanol–water partition coefficient (Wildman–Crippen LogP) is 0.607. The largest absolute Gasteiger partial charge is 0.384 e. The highest BCUT2D eigenvalue weighted by atomic mass is 35.5. The van der Waals surface area contributed by atoms with E-state index in [1.807, 2.05) is 0 Å². The summed E-state index contributed by atoms with van der Waals surface area (Å²) in [6.45, 7) is 1.16. The molecule has 0 spiro atoms. The second kappa shape index (κ2) is 9.73. The fourth-order valence-electron chi connectivity index (χ4n) is 1.53. The van der Waals surface area contributed by atoms with Crippen molar-refractivity contribution in [2.45, 2.75) is 11.3 Å². The van der Waals surface area contributed by atoms with Gasteiger partial charge < -0.3 is 15.8 Å². The summed E-state index contributed by atoms with van der Waals surface area (Å²) in [6.07, 6.45) is 0.704. The van der Waals surface area contributed by atoms with Gasteiger partial charge in [0.2, 0.25) is 0 Å². The monoisotopic (exact) mass is 336 g/mol. The molecule has 1 aromatic rings. The maximum Gasteiger partial charge on any atom is 0.251 e. The molecule has 0 heterocycles. The van der Waals surface area contributed by atoms with Gasteiger partial charge in [-0.15, -0.1) is 12.4 Å². The second-order valence-electron chi connectivity index (χ2n) is 4.23. The number of hydrogen-bond donors (Lipinski definition) is 2. The van der Waals surface area contributed by atoms with Gasteiger partial charge in [0.15, 0.2) is 9.84 Å². The van der Waals surface area contributed by atoms with Crippen LogP contribution in [0.5, 0.6) is 0 Å². The van der Waals surface area contributed by atoms with E-state index >= 15 is 0 Å². The minimum atomic E-state index is -3.36. The molecule has 3 N–H and O–H groups in total. The third kappa shape index (κ3) is 6.43. The first-order chi connectivity index (χ1) is 9.51. The first kappa shape index (κ1) is 19.9. The molecule has 120 valence electrons. The summed E-state index contributed by atoms with van der Waals surface area (Å²) in [5.74, 6) is -0.315. The Morgan fingerprint density at radius 1 is 1.29 bits per heavy atom. The third-order valence-corrected chi connectivity index (χ3v) is 4.39. The van der Waals surface area contributed by atoms with E-state index in [0.29, 0.717) is 25.1 Å². The molecule has 0 bridgehead atoms. The van der Waals surface area contributed by atoms with Crippen molar-refractivity contribution in [1.82, 2.24) is 5.32 Å². The number of ether oxygens (including phenoxy) is 1. The molecule has 0 saturated heterocycles. The molecule has 0 atom stereocenters. The highest BCUT2D eigenvalue weighted by Crippen LogP contribution is 2.12. The van der Waals surface area contributed by atoms with E-state index in [0.717, 1.165) is 0 Å². The van der Waals surface area contributed by atoms with Crippen LogP contribution in [0.15, 0.2) is 29.2 Å². The van der Waals surface area contributed by atoms with Crippen molar-refractivity contribution in [3.8, 4) is 0 Å². The van der Waals surface area contributed by atoms with Gasteiger partial charge >= 0.3 is 0 Å². The highest BCUT2D eigenvalue weighted by Gasteiger charge is 2.14. The summed E-state index contributed by atoms with van der Waals surface area (Å²) in [6, 6.07) is 5.86. The average Bonchev–Trinajstić information content (AvgIpc) is 2.45. The zero-order chi connectivity index (χ0) is 15.0. The van der Waals surface area contributed by atoms with Crippen molar-refractivity contribution >= 4 is 28.2 Å². The van der Waals surface area contributed by atoms with E-state index in [9.17, 15) is 13.2 Å². The number of amides is 1. The molecule has 0 aliphatic heterocycles. The maximum absolute atomic E-state index is 11.9. The summed E-state index contributed by atoms with van der Waals surface area (Å²) in [5, 5.41) is 2.70. The molecule has 1 rings (SSSR count). The van der Waals surface area contributed by atoms with Gasteiger partial charge in [-0.2, -0.15) is 0 Å². The average molecular weight is 337 g/mol. The van der Waals surface area contributed by atoms with Gasteiger partial charge in [0.05, 0.1) is 17.3 Å². The molecule has 1 aromatic carbocycles. The molecule has 0 saturated carbocycles. The van der Waals surface area contributed by atoms with Crippen LogP contribution < -0.4 is 11.1 Å². The first-order valence-electron chi connectivity index (χ1n) is 6.31. The lowest BCUT2D eigenvalue weighted by Crippen LogP contribution is -2.25. The van der Waals surface area contributed by atoms with E-state index in [-0.39, 0.29) is 35.6 Å². The number of nitrogens with one attached hydrogen (secondary N) is 1. The van der Waals surface area contributed by atoms with Gasteiger partial charge in [-0.1, -0.05) is 0 Å². The topological polar surface area (TPSA) is 98.5 Å². The molecular weight excluding hydrogens is 316 g/mol. The summed E-state index contributed by atoms with van der Waals surface area (Å²) < 4.78 is 28.5. The van der Waals surface area contributed by atoms with Crippen molar-refractivity contribution in [2.75, 3.05) is 32.6 Å². The molecule has 0 aromatic heterocycles. The van der Waals surface area contributed by atoms with Gasteiger partial charge in [0, 0.05) is 19.2 Å². The Bertz CT molecular complexity index is 532. The molecule has 0 fully saturated rings. The van der Waals surface area contributed by atoms with Gasteiger partial charge in [0.25, 0.3) is 5.91 Å². The normalized spacial score (nSPS) is 10.8. The van der Waals surface area contributed by atoms with Crippen LogP contribution in [-0.2, 0) is 14.6 Å². The van der Waals surface area contributed by atoms with Crippen molar-refractivity contribution in [2.24, 2.45) is 5.73 Å². The Morgan fingerprint density at radius 2 is 1.90 bits per heavy atom. The Labute approximate surface area is 131 Å². The molecule has 0 aliphatic rings. The third-order valence-electron chi connectivity index (χ3n) is 2.70. The number of methoxy groups -OCH3 is 1. The number of sulfone groups is 1. The summed E-state index contributed by atoms with van der Waals surface area (Å²) in [5.41, 5.74) is 5.76. The van der Waals surface area contributed by atoms with Crippen LogP contribution >= 0.6 is 12.4 Å². The Kier molecular flexibility index (Phi) is 9.19. The van der Waals surface area contributed by atoms with Crippen LogP contribution in [0.1, 0.15) is 16.8 Å². The standard InChI is InChI=1S/C13H20N2O4S.ClH/c1-19-9-10-20(17,18)12-5-3-11(4-6-12)13(16)15-8-2-7-14;/h3-6H,2,7-10,14H2,1H3,(H,15,16);1H. The Hall–Kier alpha value is -1.15. The molecular formula is C13H21ClN2O4S. The van der Waals surface area contributed by atoms with Crippen LogP contribution in [0.4, 0.5) is 0 Å². The van der Waals surface area contributed by atoms with Crippen LogP contribution in [0.2, 0.25) is 0 Å². The SMILES string of the molecule is COCCS(=O)(=O)c1ccc(C(=O)NCCCN)cc1.Cl. The van der Waals surface area contributed by atoms with E-state index < -0.39 is 9.84 Å². The van der Waals surface area contributed by atoms with Gasteiger partial charge in [0.1, 0.15) is 0 Å². The van der Waals surface area contributed by atoms with Crippen molar-refractivity contribution < 1.29 is 17.9 Å². The number of hydrogen-bond acceptors (Lipinski definition) is 5. The van der Waals surface area contributed by atoms with E-state index in [1.165, 1.54) is 31.4 Å². The lowest BCUT2D eigenvalue weighted by Gasteiger charge is -2.06. The minimum absolute atomic E-state index is 0. The Morgan fingerprint density at radius 3 is 2.43 bits per heavy atom. The first-order valence-corrected chi connectivity index (χ1v) is 7.96. The quantitative estimate of drug-likeness (QED) is 0.678. The number of benzene rings is 1. The Balaban J connectivity index is 0.00000400. The van der Waals surface area contributed by atoms with Crippen molar-refractivity contribution in [3.63, 3.8) is 0 Å². The second-order valence-corrected chi connectivity index (χ2v) is 6.34. The molecule has 0 aliphatic carbocycles. The highest BCUT2D eigenvalue weighted by molar-refractivity contribution is 7.91. The molecule has 1 amide bonds. The smallest absolute Gasteiger partial charge is 0.251 e. The lowest BCUT2D eigenvalue weighted by molar-refractivity contribution is 0.0953. The molecule has 0 unspecified atom stereocenters. The van der Waals surface area contributed by atoms with Crippen LogP contribution in [-0.4, -0.2) is 46.9 Å². The number of halogens is 1. The fraction of sp³-hybridized carbons (Fsp3) is 0.462. The van der Waals surface area contributed by atoms with Gasteiger partial charge in [-0.25, -0.2) is 8.42 Å². The van der Waals surface area contributed by atoms with Crippen molar-refractivity contribution in [1.29, 1.82) is 0 Å². The molecule has 21 heavy (non-hydrogen) atoms. The summed E-state index contributed by atoms with van der Waals surface area (Å²) in [4.78, 5) is 11.9. The van der Waals surface area contributed by atoms with Crippen LogP contribution in [0, 0.1) is 0 Å². The predicted molar refractivity (Wildman–Crippen MR) is 83.6 cm³/mol. The summed E-state index contributed by atoms with van der Waals surface area (Å²) in [7, 11) is -1.91. The number of carbonyl (C=O) groups is 1. The lowest BCUT2D eigenvalue weighted by atomic mass is 10.2. The van der Waals surface area contributed by atoms with Crippen molar-refractivity contribution in [3.05, 3.63) is 29.8 Å². The van der Waals surface area contributed by atoms with Crippen LogP contribution in [0.25, 0.3) is 0 Å². The van der Waals surface area contributed by atoms with Gasteiger partial charge in [-0.3, -0.25) is 4.79 Å². The minimum Gasteiger partial charge on any atom is -0.384 e. The number of nitrogens with two attached hydrogens (primary N) is 1. The number of carbonyl (C=O) groups excluding carboxylic acids is 1.